The van der Waals surface area contributed by atoms with E-state index in [1.807, 2.05) is 4.68 Å². The average Bonchev–Trinajstić information content (AvgIpc) is 3.31. The molecule has 40 heavy (non-hydrogen) atoms. The van der Waals surface area contributed by atoms with E-state index in [-0.39, 0.29) is 5.91 Å². The van der Waals surface area contributed by atoms with E-state index in [4.69, 9.17) is 19.8 Å². The SMILES string of the molecule is O=C(O)C(F)(F)F.O=C(O)C(F)(F)F.O=C1CN(Cc2cn(CC3CCCN(C4CCSCC4)C3)nn2)CCN1. The zero-order valence-corrected chi connectivity index (χ0v) is 22.3. The Morgan fingerprint density at radius 1 is 1.02 bits per heavy atom. The quantitative estimate of drug-likeness (QED) is 0.427. The molecule has 1 unspecified atom stereocenters. The maximum absolute atomic E-state index is 11.5. The lowest BCUT2D eigenvalue weighted by atomic mass is 9.95. The summed E-state index contributed by atoms with van der Waals surface area (Å²) in [6.07, 6.45) is -2.79. The number of aromatic nitrogens is 3. The lowest BCUT2D eigenvalue weighted by Gasteiger charge is -2.39. The Morgan fingerprint density at radius 2 is 1.62 bits per heavy atom. The van der Waals surface area contributed by atoms with Gasteiger partial charge in [0.1, 0.15) is 0 Å². The van der Waals surface area contributed by atoms with Crippen molar-refractivity contribution in [3.63, 3.8) is 0 Å². The van der Waals surface area contributed by atoms with Crippen LogP contribution >= 0.6 is 11.8 Å². The first kappa shape index (κ1) is 33.6. The number of nitrogens with one attached hydrogen (secondary N) is 1. The lowest BCUT2D eigenvalue weighted by molar-refractivity contribution is -0.193. The van der Waals surface area contributed by atoms with Crippen molar-refractivity contribution >= 4 is 29.6 Å². The van der Waals surface area contributed by atoms with E-state index in [0.29, 0.717) is 19.0 Å². The minimum atomic E-state index is -5.08. The van der Waals surface area contributed by atoms with E-state index >= 15 is 0 Å². The number of hydrogen-bond donors (Lipinski definition) is 3. The molecule has 11 nitrogen and oxygen atoms in total. The van der Waals surface area contributed by atoms with Crippen molar-refractivity contribution in [3.05, 3.63) is 11.9 Å². The molecule has 1 aromatic rings. The molecular weight excluding hydrogens is 574 g/mol. The predicted molar refractivity (Wildman–Crippen MR) is 130 cm³/mol. The highest BCUT2D eigenvalue weighted by molar-refractivity contribution is 7.99. The van der Waals surface area contributed by atoms with Gasteiger partial charge in [-0.05, 0) is 49.7 Å². The topological polar surface area (TPSA) is 141 Å². The molecule has 4 heterocycles. The van der Waals surface area contributed by atoms with Gasteiger partial charge in [-0.15, -0.1) is 5.10 Å². The highest BCUT2D eigenvalue weighted by Gasteiger charge is 2.39. The first-order chi connectivity index (χ1) is 18.6. The third-order valence-electron chi connectivity index (χ3n) is 6.28. The minimum Gasteiger partial charge on any atom is -0.475 e. The largest absolute Gasteiger partial charge is 0.490 e. The molecule has 0 spiro atoms. The normalized spacial score (nSPS) is 21.4. The molecule has 1 atom stereocenters. The highest BCUT2D eigenvalue weighted by atomic mass is 32.2. The lowest BCUT2D eigenvalue weighted by Crippen LogP contribution is -2.47. The molecule has 0 bridgehead atoms. The van der Waals surface area contributed by atoms with Crippen LogP contribution in [0.4, 0.5) is 26.3 Å². The van der Waals surface area contributed by atoms with Crippen molar-refractivity contribution in [2.75, 3.05) is 44.2 Å². The number of carbonyl (C=O) groups excluding carboxylic acids is 1. The molecule has 1 amide bonds. The van der Waals surface area contributed by atoms with Crippen LogP contribution in [0.2, 0.25) is 0 Å². The van der Waals surface area contributed by atoms with Gasteiger partial charge in [-0.3, -0.25) is 19.3 Å². The molecule has 0 aromatic carbocycles. The van der Waals surface area contributed by atoms with Gasteiger partial charge in [0, 0.05) is 45.0 Å². The fourth-order valence-electron chi connectivity index (χ4n) is 4.45. The van der Waals surface area contributed by atoms with Crippen LogP contribution in [-0.2, 0) is 27.5 Å². The van der Waals surface area contributed by atoms with E-state index in [1.54, 1.807) is 0 Å². The maximum atomic E-state index is 11.5. The Kier molecular flexibility index (Phi) is 12.9. The summed E-state index contributed by atoms with van der Waals surface area (Å²) in [6, 6.07) is 0.801. The molecule has 3 aliphatic heterocycles. The molecule has 4 rings (SSSR count). The van der Waals surface area contributed by atoms with Crippen LogP contribution in [-0.4, -0.2) is 115 Å². The third-order valence-corrected chi connectivity index (χ3v) is 7.33. The summed E-state index contributed by atoms with van der Waals surface area (Å²) in [5, 5.41) is 25.8. The number of alkyl halides is 6. The smallest absolute Gasteiger partial charge is 0.475 e. The van der Waals surface area contributed by atoms with Crippen LogP contribution in [0.25, 0.3) is 0 Å². The van der Waals surface area contributed by atoms with E-state index in [1.165, 1.54) is 50.3 Å². The van der Waals surface area contributed by atoms with Gasteiger partial charge in [0.2, 0.25) is 5.91 Å². The number of thioether (sulfide) groups is 1. The van der Waals surface area contributed by atoms with Crippen molar-refractivity contribution in [1.29, 1.82) is 0 Å². The number of halogens is 6. The summed E-state index contributed by atoms with van der Waals surface area (Å²) >= 11 is 2.11. The number of amides is 1. The van der Waals surface area contributed by atoms with E-state index in [0.717, 1.165) is 31.4 Å². The van der Waals surface area contributed by atoms with Crippen LogP contribution in [0.5, 0.6) is 0 Å². The summed E-state index contributed by atoms with van der Waals surface area (Å²) in [4.78, 5) is 34.2. The molecule has 3 aliphatic rings. The molecule has 0 aliphatic carbocycles. The molecule has 3 N–H and O–H groups in total. The van der Waals surface area contributed by atoms with Crippen LogP contribution in [0, 0.1) is 5.92 Å². The highest BCUT2D eigenvalue weighted by Crippen LogP contribution is 2.27. The van der Waals surface area contributed by atoms with Gasteiger partial charge in [-0.2, -0.15) is 38.1 Å². The zero-order chi connectivity index (χ0) is 29.9. The van der Waals surface area contributed by atoms with Crippen LogP contribution in [0.3, 0.4) is 0 Å². The Morgan fingerprint density at radius 3 is 2.17 bits per heavy atom. The van der Waals surface area contributed by atoms with E-state index in [2.05, 4.69) is 43.4 Å². The van der Waals surface area contributed by atoms with Crippen molar-refractivity contribution < 1.29 is 50.9 Å². The first-order valence-electron chi connectivity index (χ1n) is 12.4. The molecule has 0 saturated carbocycles. The molecular formula is C22H32F6N6O5S. The van der Waals surface area contributed by atoms with Gasteiger partial charge >= 0.3 is 24.3 Å². The minimum absolute atomic E-state index is 0.104. The Labute approximate surface area is 230 Å². The molecule has 1 aromatic heterocycles. The van der Waals surface area contributed by atoms with Crippen LogP contribution in [0.1, 0.15) is 31.4 Å². The number of carbonyl (C=O) groups is 3. The van der Waals surface area contributed by atoms with Crippen LogP contribution < -0.4 is 5.32 Å². The van der Waals surface area contributed by atoms with Gasteiger partial charge in [0.05, 0.1) is 12.2 Å². The fraction of sp³-hybridized carbons (Fsp3) is 0.773. The zero-order valence-electron chi connectivity index (χ0n) is 21.5. The molecule has 18 heteroatoms. The summed E-state index contributed by atoms with van der Waals surface area (Å²) in [6.45, 7) is 6.22. The number of carboxylic acid groups (broad SMARTS) is 2. The summed E-state index contributed by atoms with van der Waals surface area (Å²) in [5.74, 6) is -2.08. The monoisotopic (exact) mass is 606 g/mol. The number of piperazine rings is 1. The third kappa shape index (κ3) is 12.3. The second kappa shape index (κ2) is 15.4. The Hall–Kier alpha value is -2.60. The number of piperidine rings is 1. The number of nitrogens with zero attached hydrogens (tertiary/aromatic N) is 5. The maximum Gasteiger partial charge on any atom is 0.490 e. The van der Waals surface area contributed by atoms with Crippen LogP contribution in [0.15, 0.2) is 6.20 Å². The van der Waals surface area contributed by atoms with Gasteiger partial charge in [0.15, 0.2) is 0 Å². The Bertz CT molecular complexity index is 949. The standard InChI is InChI=1S/C18H30N6OS.2C2HF3O2/c25-18-14-22(7-5-19-18)12-16-13-24(21-20-16)11-15-2-1-6-23(10-15)17-3-8-26-9-4-17;2*3-2(4,5)1(6)7/h13,15,17H,1-12,14H2,(H,19,25);2*(H,6,7). The Balaban J connectivity index is 0.000000333. The summed E-state index contributed by atoms with van der Waals surface area (Å²) in [5.41, 5.74) is 0.969. The first-order valence-corrected chi connectivity index (χ1v) is 13.6. The second-order valence-corrected chi connectivity index (χ2v) is 10.7. The van der Waals surface area contributed by atoms with Crippen molar-refractivity contribution in [2.24, 2.45) is 5.92 Å². The van der Waals surface area contributed by atoms with Gasteiger partial charge in [-0.25, -0.2) is 9.59 Å². The number of aliphatic carboxylic acids is 2. The number of hydrogen-bond acceptors (Lipinski definition) is 8. The van der Waals surface area contributed by atoms with Gasteiger partial charge < -0.3 is 15.5 Å². The molecule has 228 valence electrons. The number of carboxylic acids is 2. The fourth-order valence-corrected chi connectivity index (χ4v) is 5.53. The van der Waals surface area contributed by atoms with Crippen molar-refractivity contribution in [2.45, 2.75) is 57.2 Å². The number of likely N-dealkylation sites (tertiary alicyclic amines) is 1. The summed E-state index contributed by atoms with van der Waals surface area (Å²) < 4.78 is 65.5. The number of rotatable bonds is 5. The van der Waals surface area contributed by atoms with E-state index in [9.17, 15) is 31.1 Å². The predicted octanol–water partition coefficient (Wildman–Crippen LogP) is 2.08. The molecule has 3 fully saturated rings. The average molecular weight is 607 g/mol. The summed E-state index contributed by atoms with van der Waals surface area (Å²) in [7, 11) is 0. The molecule has 3 saturated heterocycles. The second-order valence-electron chi connectivity index (χ2n) is 9.45. The van der Waals surface area contributed by atoms with Gasteiger partial charge in [-0.1, -0.05) is 5.21 Å². The van der Waals surface area contributed by atoms with Gasteiger partial charge in [0.25, 0.3) is 0 Å². The van der Waals surface area contributed by atoms with Crippen molar-refractivity contribution in [1.82, 2.24) is 30.1 Å². The molecule has 0 radical (unpaired) electrons. The van der Waals surface area contributed by atoms with Crippen molar-refractivity contribution in [3.8, 4) is 0 Å². The van der Waals surface area contributed by atoms with E-state index < -0.39 is 24.3 Å².